The van der Waals surface area contributed by atoms with Gasteiger partial charge in [-0.2, -0.15) is 0 Å². The van der Waals surface area contributed by atoms with E-state index in [1.165, 1.54) is 0 Å². The fourth-order valence-electron chi connectivity index (χ4n) is 3.45. The highest BCUT2D eigenvalue weighted by molar-refractivity contribution is 5.33. The molecule has 108 valence electrons. The van der Waals surface area contributed by atoms with Gasteiger partial charge in [-0.05, 0) is 24.9 Å². The van der Waals surface area contributed by atoms with Crippen LogP contribution in [0.25, 0.3) is 0 Å². The number of aromatic amines is 2. The first-order valence-corrected chi connectivity index (χ1v) is 6.66. The Labute approximate surface area is 116 Å². The van der Waals surface area contributed by atoms with Crippen LogP contribution in [-0.2, 0) is 0 Å². The standard InChI is InChI=1S/C12H20N8/c13-1-5-6(2-14)10(8-4-18-12(16)20-8)9(5)7-3-17-11(15)19-7/h3-6,9-10H,1-2,13-14H2,(H3,15,17,19)(H3,16,18,20)/t5-,6-,9-,10-/m1/s1. The molecule has 1 aliphatic carbocycles. The molecule has 0 bridgehead atoms. The first-order valence-electron chi connectivity index (χ1n) is 6.66. The van der Waals surface area contributed by atoms with Gasteiger partial charge < -0.3 is 32.9 Å². The lowest BCUT2D eigenvalue weighted by atomic mass is 9.54. The van der Waals surface area contributed by atoms with Gasteiger partial charge in [0.15, 0.2) is 11.9 Å². The van der Waals surface area contributed by atoms with E-state index in [1.54, 1.807) is 12.4 Å². The summed E-state index contributed by atoms with van der Waals surface area (Å²) in [6.07, 6.45) is 3.53. The second-order valence-corrected chi connectivity index (χ2v) is 5.30. The Morgan fingerprint density at radius 1 is 0.850 bits per heavy atom. The molecule has 2 heterocycles. The molecule has 0 saturated heterocycles. The van der Waals surface area contributed by atoms with Crippen molar-refractivity contribution in [1.82, 2.24) is 19.9 Å². The molecule has 1 aliphatic rings. The molecular weight excluding hydrogens is 256 g/mol. The van der Waals surface area contributed by atoms with Crippen molar-refractivity contribution in [3.05, 3.63) is 23.8 Å². The van der Waals surface area contributed by atoms with Crippen LogP contribution in [0.15, 0.2) is 12.4 Å². The van der Waals surface area contributed by atoms with Crippen molar-refractivity contribution in [3.63, 3.8) is 0 Å². The minimum Gasteiger partial charge on any atom is -0.369 e. The summed E-state index contributed by atoms with van der Waals surface area (Å²) >= 11 is 0. The number of H-pyrrole nitrogens is 2. The molecule has 0 aromatic carbocycles. The van der Waals surface area contributed by atoms with Crippen LogP contribution >= 0.6 is 0 Å². The number of imidazole rings is 2. The van der Waals surface area contributed by atoms with Gasteiger partial charge in [-0.1, -0.05) is 0 Å². The zero-order chi connectivity index (χ0) is 14.3. The first-order chi connectivity index (χ1) is 9.65. The summed E-state index contributed by atoms with van der Waals surface area (Å²) < 4.78 is 0. The van der Waals surface area contributed by atoms with Gasteiger partial charge in [0, 0.05) is 23.2 Å². The summed E-state index contributed by atoms with van der Waals surface area (Å²) in [6.45, 7) is 1.15. The molecule has 0 amide bonds. The van der Waals surface area contributed by atoms with Gasteiger partial charge in [0.2, 0.25) is 0 Å². The molecule has 0 radical (unpaired) electrons. The predicted octanol–water partition coefficient (Wildman–Crippen LogP) is -0.672. The van der Waals surface area contributed by atoms with Gasteiger partial charge >= 0.3 is 0 Å². The Hall–Kier alpha value is -2.06. The van der Waals surface area contributed by atoms with Crippen LogP contribution in [0.4, 0.5) is 11.9 Å². The maximum atomic E-state index is 5.91. The Bertz CT molecular complexity index is 536. The van der Waals surface area contributed by atoms with Crippen LogP contribution in [0.2, 0.25) is 0 Å². The molecule has 1 saturated carbocycles. The molecule has 0 aliphatic heterocycles. The lowest BCUT2D eigenvalue weighted by Gasteiger charge is -2.50. The van der Waals surface area contributed by atoms with Gasteiger partial charge in [-0.3, -0.25) is 0 Å². The summed E-state index contributed by atoms with van der Waals surface area (Å²) in [4.78, 5) is 14.3. The molecule has 0 spiro atoms. The molecule has 2 aromatic heterocycles. The highest BCUT2D eigenvalue weighted by atomic mass is 15.0. The fourth-order valence-corrected chi connectivity index (χ4v) is 3.45. The van der Waals surface area contributed by atoms with E-state index in [9.17, 15) is 0 Å². The molecule has 8 nitrogen and oxygen atoms in total. The van der Waals surface area contributed by atoms with Crippen molar-refractivity contribution in [1.29, 1.82) is 0 Å². The number of nitrogens with two attached hydrogens (primary N) is 4. The third-order valence-corrected chi connectivity index (χ3v) is 4.35. The molecular formula is C12H20N8. The average Bonchev–Trinajstić information content (AvgIpc) is 2.99. The molecule has 20 heavy (non-hydrogen) atoms. The third-order valence-electron chi connectivity index (χ3n) is 4.35. The Kier molecular flexibility index (Phi) is 3.11. The van der Waals surface area contributed by atoms with E-state index in [0.717, 1.165) is 11.4 Å². The van der Waals surface area contributed by atoms with Gasteiger partial charge in [0.05, 0.1) is 12.4 Å². The number of anilines is 2. The highest BCUT2D eigenvalue weighted by Crippen LogP contribution is 2.56. The van der Waals surface area contributed by atoms with Gasteiger partial charge in [0.25, 0.3) is 0 Å². The van der Waals surface area contributed by atoms with E-state index in [-0.39, 0.29) is 11.8 Å². The normalized spacial score (nSPS) is 29.3. The van der Waals surface area contributed by atoms with Crippen LogP contribution in [0.3, 0.4) is 0 Å². The third kappa shape index (κ3) is 1.84. The Morgan fingerprint density at radius 3 is 1.50 bits per heavy atom. The summed E-state index contributed by atoms with van der Waals surface area (Å²) in [5.41, 5.74) is 25.1. The zero-order valence-corrected chi connectivity index (χ0v) is 11.1. The molecule has 1 fully saturated rings. The number of aromatic nitrogens is 4. The quantitative estimate of drug-likeness (QED) is 0.434. The molecule has 4 atom stereocenters. The maximum absolute atomic E-state index is 5.91. The van der Waals surface area contributed by atoms with Crippen molar-refractivity contribution in [3.8, 4) is 0 Å². The van der Waals surface area contributed by atoms with Crippen molar-refractivity contribution < 1.29 is 0 Å². The molecule has 10 N–H and O–H groups in total. The maximum Gasteiger partial charge on any atom is 0.197 e. The van der Waals surface area contributed by atoms with Crippen LogP contribution < -0.4 is 22.9 Å². The molecule has 8 heteroatoms. The van der Waals surface area contributed by atoms with Crippen LogP contribution in [0.5, 0.6) is 0 Å². The smallest absolute Gasteiger partial charge is 0.197 e. The summed E-state index contributed by atoms with van der Waals surface area (Å²) in [6, 6.07) is 0. The van der Waals surface area contributed by atoms with Crippen LogP contribution in [0.1, 0.15) is 23.2 Å². The Morgan fingerprint density at radius 2 is 1.25 bits per heavy atom. The minimum absolute atomic E-state index is 0.207. The monoisotopic (exact) mass is 276 g/mol. The van der Waals surface area contributed by atoms with Crippen LogP contribution in [-0.4, -0.2) is 33.0 Å². The Balaban J connectivity index is 1.96. The second-order valence-electron chi connectivity index (χ2n) is 5.30. The van der Waals surface area contributed by atoms with E-state index >= 15 is 0 Å². The minimum atomic E-state index is 0.207. The second kappa shape index (κ2) is 4.80. The van der Waals surface area contributed by atoms with Crippen molar-refractivity contribution in [2.24, 2.45) is 23.3 Å². The number of rotatable bonds is 4. The van der Waals surface area contributed by atoms with Gasteiger partial charge in [-0.25, -0.2) is 9.97 Å². The summed E-state index contributed by atoms with van der Waals surface area (Å²) in [5.74, 6) is 1.84. The topological polar surface area (TPSA) is 161 Å². The van der Waals surface area contributed by atoms with Crippen molar-refractivity contribution in [2.75, 3.05) is 24.6 Å². The molecule has 0 unspecified atom stereocenters. The summed E-state index contributed by atoms with van der Waals surface area (Å²) in [5, 5.41) is 0. The zero-order valence-electron chi connectivity index (χ0n) is 11.1. The molecule has 2 aromatic rings. The van der Waals surface area contributed by atoms with E-state index in [4.69, 9.17) is 22.9 Å². The number of nitrogens with zero attached hydrogens (tertiary/aromatic N) is 2. The average molecular weight is 276 g/mol. The lowest BCUT2D eigenvalue weighted by Crippen LogP contribution is -2.50. The fraction of sp³-hybridized carbons (Fsp3) is 0.500. The highest BCUT2D eigenvalue weighted by Gasteiger charge is 2.51. The van der Waals surface area contributed by atoms with E-state index < -0.39 is 0 Å². The SMILES string of the molecule is NC[C@@H]1[C@@H](CN)[C@H](c2cnc(N)[nH]2)[C@H]1c1cnc(N)[nH]1. The van der Waals surface area contributed by atoms with Gasteiger partial charge in [-0.15, -0.1) is 0 Å². The number of nitrogens with one attached hydrogen (secondary N) is 2. The van der Waals surface area contributed by atoms with Gasteiger partial charge in [0.1, 0.15) is 0 Å². The first kappa shape index (κ1) is 12.9. The van der Waals surface area contributed by atoms with Crippen molar-refractivity contribution in [2.45, 2.75) is 11.8 Å². The van der Waals surface area contributed by atoms with Crippen LogP contribution in [0, 0.1) is 11.8 Å². The summed E-state index contributed by atoms with van der Waals surface area (Å²) in [7, 11) is 0. The van der Waals surface area contributed by atoms with Crippen molar-refractivity contribution >= 4 is 11.9 Å². The number of hydrogen-bond donors (Lipinski definition) is 6. The van der Waals surface area contributed by atoms with E-state index in [1.807, 2.05) is 0 Å². The number of hydrogen-bond acceptors (Lipinski definition) is 6. The lowest BCUT2D eigenvalue weighted by molar-refractivity contribution is 0.0978. The molecule has 3 rings (SSSR count). The largest absolute Gasteiger partial charge is 0.369 e. The van der Waals surface area contributed by atoms with E-state index in [2.05, 4.69) is 19.9 Å². The number of nitrogen functional groups attached to an aromatic ring is 2. The predicted molar refractivity (Wildman–Crippen MR) is 76.6 cm³/mol. The van der Waals surface area contributed by atoms with E-state index in [0.29, 0.717) is 36.8 Å².